The van der Waals surface area contributed by atoms with Gasteiger partial charge >= 0.3 is 23.5 Å². The number of fused-ring (bicyclic) bond motifs is 5. The van der Waals surface area contributed by atoms with Crippen molar-refractivity contribution in [1.29, 1.82) is 0 Å². The Morgan fingerprint density at radius 1 is 0.723 bits per heavy atom. The molecule has 0 spiro atoms. The molecule has 1 radical (unpaired) electrons. The van der Waals surface area contributed by atoms with E-state index in [1.807, 2.05) is 39.0 Å². The molecule has 0 amide bonds. The average Bonchev–Trinajstić information content (AvgIpc) is 4.08. The van der Waals surface area contributed by atoms with Crippen molar-refractivity contribution in [1.82, 2.24) is 30.6 Å². The van der Waals surface area contributed by atoms with Crippen molar-refractivity contribution < 1.29 is 43.5 Å². The number of alkyl halides is 6. The standard InChI is InChI=1S/C42H63BN9O3.2CHCl3.ClH.Co/c1-27(2)10-9-11-28(3)35-14-15-36-34-13-12-32-26-33(16-21-41(32,7)37(34)17-22-42(35,36)8)43(53-50-29(4)38-18-23-44-47-38,54-51-30(5)39-19-24-45-48-39)55-52-31(6)40-20-25-46-49-40;2*2-1(3)4;;/h12,18-20,23-25,27-28,33-37H,9-11,13-17,21-22,26H2,1-8H3,(H,44,47)(H,45,48)(H,46,49);2*1H;1H;/q-1;;;;+2/p-1/b50-29+,51-30+,52-31+;;;;/t28-,33+,34+,35-,36+,37+,41+,42-;;;;/m1..../s1. The number of oxime groups is 3. The van der Waals surface area contributed by atoms with Gasteiger partial charge in [-0.3, -0.25) is 15.3 Å². The van der Waals surface area contributed by atoms with Crippen LogP contribution in [0.5, 0.6) is 0 Å². The Kier molecular flexibility index (Phi) is 23.4. The molecule has 3 aromatic rings. The Balaban J connectivity index is 0.00000104. The van der Waals surface area contributed by atoms with E-state index >= 15 is 0 Å². The monoisotopic (exact) mass is 1080 g/mol. The molecule has 365 valence electrons. The van der Waals surface area contributed by atoms with Crippen LogP contribution in [0.15, 0.2) is 63.9 Å². The zero-order valence-corrected chi connectivity index (χ0v) is 44.8. The molecule has 12 nitrogen and oxygen atoms in total. The van der Waals surface area contributed by atoms with Crippen LogP contribution in [0.2, 0.25) is 5.82 Å². The molecule has 4 aliphatic rings. The maximum absolute atomic E-state index is 6.51. The van der Waals surface area contributed by atoms with Gasteiger partial charge in [-0.05, 0) is 136 Å². The van der Waals surface area contributed by atoms with E-state index in [4.69, 9.17) is 83.9 Å². The van der Waals surface area contributed by atoms with Crippen molar-refractivity contribution in [2.75, 3.05) is 0 Å². The van der Waals surface area contributed by atoms with E-state index in [0.717, 1.165) is 55.3 Å². The predicted molar refractivity (Wildman–Crippen MR) is 261 cm³/mol. The molecule has 0 unspecified atom stereocenters. The molecule has 3 aromatic heterocycles. The van der Waals surface area contributed by atoms with Crippen LogP contribution in [0, 0.1) is 46.3 Å². The maximum atomic E-state index is 6.51. The fourth-order valence-electron chi connectivity index (χ4n) is 11.4. The fourth-order valence-corrected chi connectivity index (χ4v) is 11.4. The van der Waals surface area contributed by atoms with Crippen molar-refractivity contribution in [3.8, 4) is 0 Å². The van der Waals surface area contributed by atoms with E-state index in [2.05, 4.69) is 86.8 Å². The summed E-state index contributed by atoms with van der Waals surface area (Å²) < 4.78 is 18.0. The van der Waals surface area contributed by atoms with Gasteiger partial charge in [0.1, 0.15) is 17.1 Å². The summed E-state index contributed by atoms with van der Waals surface area (Å²) in [5, 5.41) is 35.3. The Labute approximate surface area is 432 Å². The topological polar surface area (TPSA) is 151 Å². The SMILES string of the molecule is C/C(=N\O[B-](O/N=C(\C)c1cc[nH]n1)(O/N=C(\C)c1cc[nH]n1)[C@H]1CC[C@@]2(C)C(=CC[C@H]3[C@@H]4CC[C@H]([C@H](C)CCCC(C)C)[C@@]4(C)CC[C@@H]32)C1)c1cc[nH]n1.ClC(Cl)Cl.ClC(Cl)Cl.[Cl-].[Co+2]. The molecule has 65 heavy (non-hydrogen) atoms. The number of nitrogens with zero attached hydrogens (tertiary/aromatic N) is 6. The van der Waals surface area contributed by atoms with Gasteiger partial charge in [-0.2, -0.15) is 15.3 Å². The zero-order valence-electron chi connectivity index (χ0n) is 38.5. The van der Waals surface area contributed by atoms with Crippen LogP contribution in [-0.2, 0) is 31.0 Å². The average molecular weight is 1090 g/mol. The van der Waals surface area contributed by atoms with Crippen molar-refractivity contribution >= 4 is 93.5 Å². The number of aromatic nitrogens is 6. The quantitative estimate of drug-likeness (QED) is 0.0453. The number of allylic oxidation sites excluding steroid dienone is 2. The van der Waals surface area contributed by atoms with Gasteiger partial charge in [0, 0.05) is 18.6 Å². The van der Waals surface area contributed by atoms with E-state index in [9.17, 15) is 0 Å². The summed E-state index contributed by atoms with van der Waals surface area (Å²) >= 11 is 28.8. The van der Waals surface area contributed by atoms with E-state index < -0.39 is 15.3 Å². The van der Waals surface area contributed by atoms with E-state index in [1.165, 1.54) is 50.5 Å². The first-order valence-electron chi connectivity index (χ1n) is 22.3. The van der Waals surface area contributed by atoms with Crippen molar-refractivity contribution in [2.45, 2.75) is 140 Å². The molecule has 21 heteroatoms. The van der Waals surface area contributed by atoms with Gasteiger partial charge in [0.25, 0.3) is 0 Å². The minimum atomic E-state index is -2.72. The number of H-pyrrole nitrogens is 3. The van der Waals surface area contributed by atoms with Gasteiger partial charge in [0.2, 0.25) is 0 Å². The molecule has 0 saturated heterocycles. The minimum Gasteiger partial charge on any atom is -1.00 e. The number of nitrogens with one attached hydrogen (secondary N) is 3. The molecule has 0 aromatic carbocycles. The van der Waals surface area contributed by atoms with E-state index in [-0.39, 0.29) is 40.4 Å². The Morgan fingerprint density at radius 2 is 1.20 bits per heavy atom. The fraction of sp³-hybridized carbons (Fsp3) is 0.682. The molecule has 0 aliphatic heterocycles. The van der Waals surface area contributed by atoms with Crippen LogP contribution < -0.4 is 12.4 Å². The van der Waals surface area contributed by atoms with E-state index in [0.29, 0.717) is 45.5 Å². The first-order chi connectivity index (χ1) is 29.9. The van der Waals surface area contributed by atoms with Crippen molar-refractivity contribution in [2.24, 2.45) is 61.8 Å². The van der Waals surface area contributed by atoms with Crippen LogP contribution in [0.4, 0.5) is 0 Å². The van der Waals surface area contributed by atoms with Gasteiger partial charge in [-0.15, -0.1) is 15.5 Å². The number of aromatic amines is 3. The maximum Gasteiger partial charge on any atom is 2.00 e. The van der Waals surface area contributed by atoms with Crippen molar-refractivity contribution in [3.63, 3.8) is 0 Å². The third kappa shape index (κ3) is 14.9. The molecule has 8 atom stereocenters. The molecule has 3 N–H and O–H groups in total. The third-order valence-electron chi connectivity index (χ3n) is 14.5. The summed E-state index contributed by atoms with van der Waals surface area (Å²) in [4.78, 5) is 0. The summed E-state index contributed by atoms with van der Waals surface area (Å²) in [5.41, 5.74) is 5.78. The molecule has 4 aliphatic carbocycles. The van der Waals surface area contributed by atoms with Gasteiger partial charge in [0.05, 0.1) is 17.1 Å². The molecule has 3 fully saturated rings. The summed E-state index contributed by atoms with van der Waals surface area (Å²) in [6, 6.07) is 5.55. The number of hydrogen-bond donors (Lipinski definition) is 3. The summed E-state index contributed by atoms with van der Waals surface area (Å²) in [5.74, 6) is 4.43. The second-order valence-electron chi connectivity index (χ2n) is 18.7. The molecule has 7 rings (SSSR count). The van der Waals surface area contributed by atoms with E-state index in [1.54, 1.807) is 18.6 Å². The summed E-state index contributed by atoms with van der Waals surface area (Å²) in [6.45, 7) is 15.3. The van der Waals surface area contributed by atoms with Crippen LogP contribution in [0.25, 0.3) is 0 Å². The Bertz CT molecular complexity index is 1840. The molecule has 3 saturated carbocycles. The van der Waals surface area contributed by atoms with Crippen LogP contribution in [-0.4, -0.2) is 63.1 Å². The summed E-state index contributed by atoms with van der Waals surface area (Å²) in [7, 11) is 0. The van der Waals surface area contributed by atoms with Crippen LogP contribution in [0.1, 0.15) is 143 Å². The minimum absolute atomic E-state index is 0. The number of rotatable bonds is 15. The smallest absolute Gasteiger partial charge is 1.00 e. The molecule has 0 bridgehead atoms. The second-order valence-corrected chi connectivity index (χ2v) is 22.7. The zero-order chi connectivity index (χ0) is 46.0. The second kappa shape index (κ2) is 26.4. The van der Waals surface area contributed by atoms with Gasteiger partial charge < -0.3 is 26.7 Å². The molecule has 3 heterocycles. The molecular formula is C44H65BCl7CoN9O3. The molecular weight excluding hydrogens is 1020 g/mol. The number of halogens is 7. The first-order valence-corrected chi connectivity index (χ1v) is 24.9. The van der Waals surface area contributed by atoms with Crippen molar-refractivity contribution in [3.05, 3.63) is 65.5 Å². The summed E-state index contributed by atoms with van der Waals surface area (Å²) in [6.07, 6.45) is 21.1. The normalized spacial score (nSPS) is 27.1. The van der Waals surface area contributed by atoms with Crippen LogP contribution >= 0.6 is 69.6 Å². The Hall–Kier alpha value is -1.62. The first kappa shape index (κ1) is 57.7. The van der Waals surface area contributed by atoms with Gasteiger partial charge in [-0.1, -0.05) is 142 Å². The largest absolute Gasteiger partial charge is 2.00 e. The van der Waals surface area contributed by atoms with Gasteiger partial charge in [-0.25, -0.2) is 0 Å². The third-order valence-corrected chi connectivity index (χ3v) is 14.5. The Morgan fingerprint density at radius 3 is 1.63 bits per heavy atom. The van der Waals surface area contributed by atoms with Gasteiger partial charge in [0.15, 0.2) is 8.59 Å². The number of hydrogen-bond acceptors (Lipinski definition) is 9. The predicted octanol–water partition coefficient (Wildman–Crippen LogP) is 10.8. The van der Waals surface area contributed by atoms with Crippen LogP contribution in [0.3, 0.4) is 0 Å².